The minimum Gasteiger partial charge on any atom is -0.300 e. The minimum absolute atomic E-state index is 0.255. The molecule has 1 aromatic heterocycles. The Hall–Kier alpha value is -3.26. The lowest BCUT2D eigenvalue weighted by Gasteiger charge is -2.03. The second-order valence-corrected chi connectivity index (χ2v) is 7.35. The zero-order chi connectivity index (χ0) is 19.7. The summed E-state index contributed by atoms with van der Waals surface area (Å²) in [6.45, 7) is 3.99. The van der Waals surface area contributed by atoms with Crippen LogP contribution in [0.2, 0.25) is 0 Å². The van der Waals surface area contributed by atoms with E-state index in [9.17, 15) is 9.18 Å². The molecule has 1 amide bonds. The van der Waals surface area contributed by atoms with Gasteiger partial charge < -0.3 is 5.32 Å². The monoisotopic (exact) mass is 393 g/mol. The van der Waals surface area contributed by atoms with Crippen LogP contribution in [0, 0.1) is 19.7 Å². The highest BCUT2D eigenvalue weighted by atomic mass is 32.2. The average Bonchev–Trinajstić information content (AvgIpc) is 3.28. The summed E-state index contributed by atoms with van der Waals surface area (Å²) in [6, 6.07) is 10.6. The molecule has 28 heavy (non-hydrogen) atoms. The van der Waals surface area contributed by atoms with E-state index >= 15 is 0 Å². The van der Waals surface area contributed by atoms with Crippen LogP contribution in [0.1, 0.15) is 16.7 Å². The molecule has 0 radical (unpaired) electrons. The SMILES string of the molecule is Cc1ccc(N=C2NC(=O)/C(=C\c3ccc(-n4cncn4)c(F)c3)S2)c(C)c1. The van der Waals surface area contributed by atoms with Gasteiger partial charge in [0.25, 0.3) is 5.91 Å². The molecule has 0 atom stereocenters. The number of amidine groups is 1. The molecule has 1 saturated heterocycles. The molecule has 3 aromatic rings. The quantitative estimate of drug-likeness (QED) is 0.685. The molecule has 0 unspecified atom stereocenters. The molecule has 140 valence electrons. The fraction of sp³-hybridized carbons (Fsp3) is 0.100. The molecule has 2 heterocycles. The second-order valence-electron chi connectivity index (χ2n) is 6.32. The fourth-order valence-corrected chi connectivity index (χ4v) is 3.64. The first-order chi connectivity index (χ1) is 13.5. The fourth-order valence-electron chi connectivity index (χ4n) is 2.80. The number of hydrogen-bond acceptors (Lipinski definition) is 5. The Balaban J connectivity index is 1.58. The molecular formula is C20H16FN5OS. The smallest absolute Gasteiger partial charge is 0.264 e. The Bertz CT molecular complexity index is 1120. The lowest BCUT2D eigenvalue weighted by molar-refractivity contribution is -0.115. The van der Waals surface area contributed by atoms with Crippen LogP contribution in [0.5, 0.6) is 0 Å². The largest absolute Gasteiger partial charge is 0.300 e. The molecule has 6 nitrogen and oxygen atoms in total. The number of hydrogen-bond donors (Lipinski definition) is 1. The molecule has 8 heteroatoms. The Morgan fingerprint density at radius 1 is 1.21 bits per heavy atom. The maximum Gasteiger partial charge on any atom is 0.264 e. The number of nitrogens with one attached hydrogen (secondary N) is 1. The highest BCUT2D eigenvalue weighted by Gasteiger charge is 2.24. The second kappa shape index (κ2) is 7.40. The summed E-state index contributed by atoms with van der Waals surface area (Å²) < 4.78 is 15.7. The van der Waals surface area contributed by atoms with Gasteiger partial charge in [-0.15, -0.1) is 0 Å². The Kier molecular flexibility index (Phi) is 4.79. The van der Waals surface area contributed by atoms with E-state index in [1.807, 2.05) is 32.0 Å². The third-order valence-electron chi connectivity index (χ3n) is 4.16. The van der Waals surface area contributed by atoms with Crippen molar-refractivity contribution in [2.75, 3.05) is 0 Å². The predicted molar refractivity (Wildman–Crippen MR) is 108 cm³/mol. The van der Waals surface area contributed by atoms with Crippen molar-refractivity contribution in [3.8, 4) is 5.69 Å². The first kappa shape index (κ1) is 18.1. The van der Waals surface area contributed by atoms with Crippen LogP contribution in [0.15, 0.2) is 59.0 Å². The number of nitrogens with zero attached hydrogens (tertiary/aromatic N) is 4. The van der Waals surface area contributed by atoms with Crippen molar-refractivity contribution in [1.82, 2.24) is 20.1 Å². The molecule has 1 aliphatic rings. The molecular weight excluding hydrogens is 377 g/mol. The van der Waals surface area contributed by atoms with Gasteiger partial charge in [-0.3, -0.25) is 4.79 Å². The average molecular weight is 393 g/mol. The summed E-state index contributed by atoms with van der Waals surface area (Å²) in [4.78, 5) is 21.0. The number of aryl methyl sites for hydroxylation is 2. The Labute approximate surface area is 165 Å². The number of halogens is 1. The van der Waals surface area contributed by atoms with E-state index in [0.717, 1.165) is 16.8 Å². The normalized spacial score (nSPS) is 16.8. The standard InChI is InChI=1S/C20H16FN5OS/c1-12-3-5-16(13(2)7-12)24-20-25-19(27)18(28-20)9-14-4-6-17(15(21)8-14)26-11-22-10-23-26/h3-11H,1-2H3,(H,24,25,27)/b18-9+. The summed E-state index contributed by atoms with van der Waals surface area (Å²) in [5, 5.41) is 7.18. The molecule has 1 aliphatic heterocycles. The highest BCUT2D eigenvalue weighted by molar-refractivity contribution is 8.18. The van der Waals surface area contributed by atoms with Crippen molar-refractivity contribution in [2.45, 2.75) is 13.8 Å². The van der Waals surface area contributed by atoms with E-state index in [1.54, 1.807) is 18.2 Å². The molecule has 0 aliphatic carbocycles. The first-order valence-electron chi connectivity index (χ1n) is 8.51. The number of carbonyl (C=O) groups excluding carboxylic acids is 1. The number of carbonyl (C=O) groups is 1. The van der Waals surface area contributed by atoms with Crippen molar-refractivity contribution in [3.05, 3.63) is 76.5 Å². The van der Waals surface area contributed by atoms with Gasteiger partial charge in [0.2, 0.25) is 0 Å². The van der Waals surface area contributed by atoms with Crippen LogP contribution in [0.4, 0.5) is 10.1 Å². The van der Waals surface area contributed by atoms with Crippen molar-refractivity contribution < 1.29 is 9.18 Å². The van der Waals surface area contributed by atoms with Gasteiger partial charge in [0.15, 0.2) is 5.17 Å². The van der Waals surface area contributed by atoms with Gasteiger partial charge in [-0.2, -0.15) is 5.10 Å². The minimum atomic E-state index is -0.451. The number of aromatic nitrogens is 3. The highest BCUT2D eigenvalue weighted by Crippen LogP contribution is 2.29. The molecule has 1 fully saturated rings. The number of amides is 1. The lowest BCUT2D eigenvalue weighted by Crippen LogP contribution is -2.19. The maximum atomic E-state index is 14.4. The summed E-state index contributed by atoms with van der Waals surface area (Å²) in [7, 11) is 0. The first-order valence-corrected chi connectivity index (χ1v) is 9.32. The summed E-state index contributed by atoms with van der Waals surface area (Å²) in [5.74, 6) is -0.707. The number of benzene rings is 2. The van der Waals surface area contributed by atoms with Crippen molar-refractivity contribution in [3.63, 3.8) is 0 Å². The van der Waals surface area contributed by atoms with Crippen LogP contribution in [0.3, 0.4) is 0 Å². The van der Waals surface area contributed by atoms with E-state index in [2.05, 4.69) is 20.4 Å². The summed E-state index contributed by atoms with van der Waals surface area (Å²) >= 11 is 1.23. The van der Waals surface area contributed by atoms with Crippen LogP contribution in [-0.4, -0.2) is 25.8 Å². The third-order valence-corrected chi connectivity index (χ3v) is 5.07. The van der Waals surface area contributed by atoms with Crippen LogP contribution >= 0.6 is 11.8 Å². The zero-order valence-electron chi connectivity index (χ0n) is 15.2. The zero-order valence-corrected chi connectivity index (χ0v) is 16.0. The van der Waals surface area contributed by atoms with E-state index in [0.29, 0.717) is 21.3 Å². The molecule has 0 saturated carbocycles. The van der Waals surface area contributed by atoms with E-state index in [1.165, 1.54) is 35.2 Å². The molecule has 2 aromatic carbocycles. The number of thioether (sulfide) groups is 1. The van der Waals surface area contributed by atoms with Gasteiger partial charge in [0.05, 0.1) is 10.6 Å². The van der Waals surface area contributed by atoms with Gasteiger partial charge in [-0.05, 0) is 61.0 Å². The van der Waals surface area contributed by atoms with Crippen molar-refractivity contribution >= 4 is 34.6 Å². The van der Waals surface area contributed by atoms with E-state index < -0.39 is 5.82 Å². The lowest BCUT2D eigenvalue weighted by atomic mass is 10.1. The van der Waals surface area contributed by atoms with Gasteiger partial charge in [-0.25, -0.2) is 19.0 Å². The third kappa shape index (κ3) is 3.72. The topological polar surface area (TPSA) is 72.2 Å². The molecule has 0 spiro atoms. The van der Waals surface area contributed by atoms with Crippen molar-refractivity contribution in [2.24, 2.45) is 4.99 Å². The van der Waals surface area contributed by atoms with Crippen LogP contribution in [-0.2, 0) is 4.79 Å². The molecule has 4 rings (SSSR count). The maximum absolute atomic E-state index is 14.4. The van der Waals surface area contributed by atoms with Gasteiger partial charge >= 0.3 is 0 Å². The molecule has 1 N–H and O–H groups in total. The van der Waals surface area contributed by atoms with Gasteiger partial charge in [0, 0.05) is 0 Å². The van der Waals surface area contributed by atoms with E-state index in [-0.39, 0.29) is 5.91 Å². The number of rotatable bonds is 3. The van der Waals surface area contributed by atoms with Crippen LogP contribution < -0.4 is 5.32 Å². The predicted octanol–water partition coefficient (Wildman–Crippen LogP) is 3.91. The summed E-state index contributed by atoms with van der Waals surface area (Å²) in [5.41, 5.74) is 3.86. The van der Waals surface area contributed by atoms with E-state index in [4.69, 9.17) is 0 Å². The van der Waals surface area contributed by atoms with Gasteiger partial charge in [0.1, 0.15) is 24.2 Å². The number of aliphatic imine (C=N–C) groups is 1. The van der Waals surface area contributed by atoms with Gasteiger partial charge in [-0.1, -0.05) is 23.8 Å². The van der Waals surface area contributed by atoms with Crippen molar-refractivity contribution in [1.29, 1.82) is 0 Å². The summed E-state index contributed by atoms with van der Waals surface area (Å²) in [6.07, 6.45) is 4.40. The Morgan fingerprint density at radius 3 is 2.79 bits per heavy atom. The van der Waals surface area contributed by atoms with Crippen LogP contribution in [0.25, 0.3) is 11.8 Å². The molecule has 0 bridgehead atoms. The Morgan fingerprint density at radius 2 is 2.07 bits per heavy atom.